The zero-order valence-corrected chi connectivity index (χ0v) is 62.7. The van der Waals surface area contributed by atoms with Crippen molar-refractivity contribution in [1.82, 2.24) is 94.2 Å². The summed E-state index contributed by atoms with van der Waals surface area (Å²) in [5, 5.41) is 24.8. The Bertz CT molecular complexity index is 6040. The summed E-state index contributed by atoms with van der Waals surface area (Å²) in [7, 11) is 1.57. The number of hydrogen-bond acceptors (Lipinski definition) is 21. The van der Waals surface area contributed by atoms with Gasteiger partial charge < -0.3 is 48.8 Å². The number of carbonyl (C=O) groups is 4. The molecule has 12 heterocycles. The second-order valence-electron chi connectivity index (χ2n) is 24.4. The lowest BCUT2D eigenvalue weighted by atomic mass is 10.0. The molecule has 0 aliphatic rings. The van der Waals surface area contributed by atoms with E-state index in [0.717, 1.165) is 111 Å². The highest BCUT2D eigenvalue weighted by molar-refractivity contribution is 7.09. The molecular formula is C79H75N23O9S. The zero-order valence-electron chi connectivity index (χ0n) is 61.9. The summed E-state index contributed by atoms with van der Waals surface area (Å²) in [6.45, 7) is 14.9. The molecule has 9 N–H and O–H groups in total. The lowest BCUT2D eigenvalue weighted by molar-refractivity contribution is 0.166. The summed E-state index contributed by atoms with van der Waals surface area (Å²) in [5.74, 6) is 1.78. The summed E-state index contributed by atoms with van der Waals surface area (Å²) >= 11 is 1.58. The lowest BCUT2D eigenvalue weighted by Crippen LogP contribution is -2.28. The molecule has 0 spiro atoms. The highest BCUT2D eigenvalue weighted by Crippen LogP contribution is 2.37. The molecule has 0 atom stereocenters. The van der Waals surface area contributed by atoms with E-state index in [1.54, 1.807) is 109 Å². The number of nitrogens with zero attached hydrogens (tertiary/aromatic N) is 14. The summed E-state index contributed by atoms with van der Waals surface area (Å²) in [6.07, 6.45) is 16.0. The van der Waals surface area contributed by atoms with Gasteiger partial charge in [0.2, 0.25) is 29.7 Å². The minimum atomic E-state index is -0.569. The molecule has 0 bridgehead atoms. The molecule has 0 aliphatic carbocycles. The zero-order chi connectivity index (χ0) is 78.2. The number of thiazole rings is 1. The van der Waals surface area contributed by atoms with Gasteiger partial charge in [0, 0.05) is 126 Å². The average molecular weight is 1520 g/mol. The van der Waals surface area contributed by atoms with Crippen LogP contribution in [0.1, 0.15) is 45.3 Å². The molecule has 16 aromatic rings. The lowest BCUT2D eigenvalue weighted by Gasteiger charge is -2.11. The number of pyridine rings is 5. The van der Waals surface area contributed by atoms with Gasteiger partial charge in [0.1, 0.15) is 11.0 Å². The van der Waals surface area contributed by atoms with Gasteiger partial charge in [-0.15, -0.1) is 11.3 Å². The maximum Gasteiger partial charge on any atom is 0.413 e. The molecule has 4 aromatic carbocycles. The van der Waals surface area contributed by atoms with Crippen molar-refractivity contribution in [1.29, 1.82) is 0 Å². The Morgan fingerprint density at radius 3 is 1.29 bits per heavy atom. The number of ether oxygens (including phenoxy) is 4. The maximum atomic E-state index is 12.5. The predicted octanol–water partition coefficient (Wildman–Crippen LogP) is 15.3. The molecule has 0 unspecified atom stereocenters. The van der Waals surface area contributed by atoms with Gasteiger partial charge in [-0.2, -0.15) is 10.2 Å². The van der Waals surface area contributed by atoms with E-state index in [0.29, 0.717) is 71.6 Å². The molecule has 5 amide bonds. The summed E-state index contributed by atoms with van der Waals surface area (Å²) < 4.78 is 25.2. The molecule has 0 radical (unpaired) electrons. The fourth-order valence-corrected chi connectivity index (χ4v) is 12.7. The smallest absolute Gasteiger partial charge is 0.413 e. The van der Waals surface area contributed by atoms with Gasteiger partial charge >= 0.3 is 24.3 Å². The predicted molar refractivity (Wildman–Crippen MR) is 429 cm³/mol. The van der Waals surface area contributed by atoms with Crippen LogP contribution in [0.2, 0.25) is 0 Å². The van der Waals surface area contributed by atoms with E-state index in [1.807, 2.05) is 167 Å². The number of amides is 5. The van der Waals surface area contributed by atoms with Crippen molar-refractivity contribution in [2.45, 2.75) is 55.0 Å². The van der Waals surface area contributed by atoms with E-state index in [4.69, 9.17) is 18.9 Å². The first-order chi connectivity index (χ1) is 54.5. The van der Waals surface area contributed by atoms with Crippen molar-refractivity contribution in [2.75, 3.05) is 54.7 Å². The second kappa shape index (κ2) is 34.9. The Kier molecular flexibility index (Phi) is 23.5. The third kappa shape index (κ3) is 17.8. The van der Waals surface area contributed by atoms with Gasteiger partial charge in [-0.1, -0.05) is 24.3 Å². The molecule has 566 valence electrons. The van der Waals surface area contributed by atoms with E-state index >= 15 is 0 Å². The van der Waals surface area contributed by atoms with Crippen molar-refractivity contribution in [3.8, 4) is 84.3 Å². The van der Waals surface area contributed by atoms with E-state index in [2.05, 4.69) is 102 Å². The highest BCUT2D eigenvalue weighted by atomic mass is 32.1. The number of nitrogens with one attached hydrogen (secondary N) is 9. The van der Waals surface area contributed by atoms with Gasteiger partial charge in [0.15, 0.2) is 0 Å². The largest absolute Gasteiger partial charge is 0.481 e. The van der Waals surface area contributed by atoms with Crippen LogP contribution in [0.4, 0.5) is 43.0 Å². The van der Waals surface area contributed by atoms with Crippen molar-refractivity contribution in [2.24, 2.45) is 0 Å². The SMILES string of the molecule is CCNC(=O)Nc1nc2c(-n3cccn3)cc(-c3cc(C)n(CC)c(=O)c3)cc2[nH]1.CCOC(=O)Nc1nc2c(-c3cccc(OC)n3)cc(-c3cccnc3)cc2[nH]1.CCOC(=O)Nc1nc2c(-c3csc(C)n3)cc(-c3cccnc3)cc2[nH]1.CCOC(=O)Nc1nc2c(-n3cccn3)cc(-c3cccnc3)cc2[nH]1. The van der Waals surface area contributed by atoms with E-state index < -0.39 is 18.3 Å². The van der Waals surface area contributed by atoms with Gasteiger partial charge in [-0.05, 0) is 167 Å². The summed E-state index contributed by atoms with van der Waals surface area (Å²) in [6, 6.07) is 39.9. The third-order valence-corrected chi connectivity index (χ3v) is 17.7. The van der Waals surface area contributed by atoms with Crippen LogP contribution >= 0.6 is 11.3 Å². The molecule has 0 fully saturated rings. The number of imidazole rings is 4. The molecule has 0 saturated carbocycles. The van der Waals surface area contributed by atoms with Crippen LogP contribution < -0.4 is 36.9 Å². The minimum Gasteiger partial charge on any atom is -0.481 e. The fourth-order valence-electron chi connectivity index (χ4n) is 12.1. The van der Waals surface area contributed by atoms with E-state index in [1.165, 1.54) is 0 Å². The van der Waals surface area contributed by atoms with Crippen molar-refractivity contribution in [3.63, 3.8) is 0 Å². The van der Waals surface area contributed by atoms with Crippen molar-refractivity contribution < 1.29 is 38.1 Å². The quantitative estimate of drug-likeness (QED) is 0.0360. The van der Waals surface area contributed by atoms with Crippen LogP contribution in [0.25, 0.3) is 123 Å². The second-order valence-corrected chi connectivity index (χ2v) is 25.5. The number of carbonyl (C=O) groups excluding carboxylic acids is 4. The number of rotatable bonds is 18. The molecule has 0 saturated heterocycles. The maximum absolute atomic E-state index is 12.5. The number of aryl methyl sites for hydroxylation is 2. The number of H-pyrrole nitrogens is 4. The van der Waals surface area contributed by atoms with E-state index in [9.17, 15) is 24.0 Å². The van der Waals surface area contributed by atoms with E-state index in [-0.39, 0.29) is 24.8 Å². The Balaban J connectivity index is 0.000000131. The summed E-state index contributed by atoms with van der Waals surface area (Å²) in [5.41, 5.74) is 18.9. The highest BCUT2D eigenvalue weighted by Gasteiger charge is 2.21. The first-order valence-electron chi connectivity index (χ1n) is 35.4. The number of fused-ring (bicyclic) bond motifs is 4. The molecule has 12 aromatic heterocycles. The van der Waals surface area contributed by atoms with Crippen molar-refractivity contribution >= 4 is 104 Å². The Hall–Kier alpha value is -14.8. The van der Waals surface area contributed by atoms with Gasteiger partial charge in [-0.3, -0.25) is 41.0 Å². The van der Waals surface area contributed by atoms with Crippen LogP contribution in [-0.4, -0.2) is 147 Å². The molecule has 32 nitrogen and oxygen atoms in total. The molecule has 16 rings (SSSR count). The normalized spacial score (nSPS) is 10.9. The molecule has 112 heavy (non-hydrogen) atoms. The number of hydrogen-bond donors (Lipinski definition) is 9. The molecular weight excluding hydrogens is 1450 g/mol. The average Bonchev–Trinajstić information content (AvgIpc) is 1.44. The number of methoxy groups -OCH3 is 1. The van der Waals surface area contributed by atoms with Crippen LogP contribution in [0, 0.1) is 13.8 Å². The number of aromatic amines is 4. The minimum absolute atomic E-state index is 0.0450. The van der Waals surface area contributed by atoms with Gasteiger partial charge in [0.05, 0.1) is 87.8 Å². The Morgan fingerprint density at radius 2 is 0.893 bits per heavy atom. The Morgan fingerprint density at radius 1 is 0.455 bits per heavy atom. The van der Waals surface area contributed by atoms with Crippen LogP contribution in [0.5, 0.6) is 5.88 Å². The fraction of sp³-hybridized carbons (Fsp3) is 0.165. The van der Waals surface area contributed by atoms with Crippen LogP contribution in [0.3, 0.4) is 0 Å². The monoisotopic (exact) mass is 1520 g/mol. The topological polar surface area (TPSA) is 402 Å². The molecule has 0 aliphatic heterocycles. The van der Waals surface area contributed by atoms with Crippen molar-refractivity contribution in [3.05, 3.63) is 216 Å². The number of anilines is 4. The first kappa shape index (κ1) is 75.5. The number of urea groups is 1. The summed E-state index contributed by atoms with van der Waals surface area (Å²) in [4.78, 5) is 112. The van der Waals surface area contributed by atoms with Crippen LogP contribution in [-0.2, 0) is 20.8 Å². The Labute approximate surface area is 642 Å². The van der Waals surface area contributed by atoms with Gasteiger partial charge in [0.25, 0.3) is 5.56 Å². The molecule has 33 heteroatoms. The number of aromatic nitrogens is 18. The standard InChI is InChI=1S/C21H23N7O2.C21H19N5O3.C19H17N5O2S.C18H16N6O2/c1-4-22-21(30)26-20-24-16-10-15(14-9-13(3)27(5-2)18(29)12-14)11-17(19(16)25-20)28-8-6-7-23-28;1-3-29-21(27)26-20-24-17-11-14(13-6-5-9-22-12-13)10-15(19(17)25-20)16-7-4-8-18(23-16)28-2;1-3-26-19(25)24-18-22-15-8-13(12-5-4-6-20-9-12)7-14(17(15)23-18)16-10-27-11(2)21-16;1-2-26-18(25)23-17-21-14-9-13(12-5-3-6-19-11-12)10-15(16(14)22-17)24-8-4-7-20-24/h6-12H,4-5H2,1-3H3,(H3,22,24,25,26,30);4-12H,3H2,1-2H3,(H2,24,25,26,27);4-10H,3H2,1-2H3,(H2,22,23,24,25);3-11H,2H2,1H3,(H2,21,22,23,25). The first-order valence-corrected chi connectivity index (χ1v) is 36.3. The van der Waals surface area contributed by atoms with Gasteiger partial charge in [-0.25, -0.2) is 58.4 Å². The van der Waals surface area contributed by atoms with Crippen LogP contribution in [0.15, 0.2) is 200 Å². The number of benzene rings is 4. The third-order valence-electron chi connectivity index (χ3n) is 16.9.